The Morgan fingerprint density at radius 2 is 1.89 bits per heavy atom. The summed E-state index contributed by atoms with van der Waals surface area (Å²) < 4.78 is 16.9. The highest BCUT2D eigenvalue weighted by Gasteiger charge is 2.47. The molecule has 1 spiro atoms. The first-order valence-corrected chi connectivity index (χ1v) is 9.30. The number of furan rings is 1. The van der Waals surface area contributed by atoms with Crippen LogP contribution in [0.1, 0.15) is 39.3 Å². The van der Waals surface area contributed by atoms with Gasteiger partial charge in [0.05, 0.1) is 12.7 Å². The van der Waals surface area contributed by atoms with Crippen LogP contribution in [-0.2, 0) is 10.3 Å². The number of benzene rings is 2. The molecule has 6 heteroatoms. The van der Waals surface area contributed by atoms with Crippen molar-refractivity contribution in [2.75, 3.05) is 20.2 Å². The molecular formula is C22H19NO5. The van der Waals surface area contributed by atoms with Crippen LogP contribution in [0.4, 0.5) is 0 Å². The Balaban J connectivity index is 1.38. The normalized spacial score (nSPS) is 17.6. The van der Waals surface area contributed by atoms with Crippen molar-refractivity contribution in [2.45, 2.75) is 18.4 Å². The molecule has 1 amide bonds. The first kappa shape index (κ1) is 16.9. The summed E-state index contributed by atoms with van der Waals surface area (Å²) in [6.45, 7) is 0.989. The van der Waals surface area contributed by atoms with Crippen molar-refractivity contribution < 1.29 is 23.5 Å². The average Bonchev–Trinajstić information content (AvgIpc) is 3.28. The molecule has 2 aliphatic heterocycles. The Hall–Kier alpha value is -3.28. The number of fused-ring (bicyclic) bond motifs is 3. The van der Waals surface area contributed by atoms with E-state index in [4.69, 9.17) is 13.9 Å². The first-order valence-electron chi connectivity index (χ1n) is 9.30. The number of nitrogens with zero attached hydrogens (tertiary/aromatic N) is 1. The highest BCUT2D eigenvalue weighted by atomic mass is 16.6. The first-order chi connectivity index (χ1) is 13.6. The Morgan fingerprint density at radius 3 is 2.68 bits per heavy atom. The summed E-state index contributed by atoms with van der Waals surface area (Å²) in [6.07, 6.45) is 1.15. The maximum absolute atomic E-state index is 13.0. The SMILES string of the molecule is COc1cccc2cc(C(=O)N3CCC4(CC3)OC(=O)c3ccccc34)oc12. The Morgan fingerprint density at radius 1 is 1.11 bits per heavy atom. The van der Waals surface area contributed by atoms with E-state index in [1.807, 2.05) is 30.3 Å². The molecule has 3 heterocycles. The van der Waals surface area contributed by atoms with E-state index in [1.165, 1.54) is 0 Å². The number of piperidine rings is 1. The predicted octanol–water partition coefficient (Wildman–Crippen LogP) is 3.74. The summed E-state index contributed by atoms with van der Waals surface area (Å²) in [5.74, 6) is 0.452. The van der Waals surface area contributed by atoms with Crippen LogP contribution in [0.3, 0.4) is 0 Å². The Bertz CT molecular complexity index is 1090. The van der Waals surface area contributed by atoms with E-state index >= 15 is 0 Å². The lowest BCUT2D eigenvalue weighted by Gasteiger charge is -2.38. The molecule has 142 valence electrons. The van der Waals surface area contributed by atoms with Crippen molar-refractivity contribution in [3.8, 4) is 5.75 Å². The molecule has 2 aromatic carbocycles. The molecule has 0 aliphatic carbocycles. The monoisotopic (exact) mass is 377 g/mol. The van der Waals surface area contributed by atoms with Gasteiger partial charge in [-0.15, -0.1) is 0 Å². The molecule has 6 nitrogen and oxygen atoms in total. The number of ether oxygens (including phenoxy) is 2. The van der Waals surface area contributed by atoms with E-state index in [0.717, 1.165) is 10.9 Å². The topological polar surface area (TPSA) is 69.0 Å². The van der Waals surface area contributed by atoms with Crippen molar-refractivity contribution in [1.29, 1.82) is 0 Å². The standard InChI is InChI=1S/C22H19NO5/c1-26-17-8-4-5-14-13-18(27-19(14)17)20(24)23-11-9-22(10-12-23)16-7-3-2-6-15(16)21(25)28-22/h2-8,13H,9-12H2,1H3. The van der Waals surface area contributed by atoms with Gasteiger partial charge >= 0.3 is 5.97 Å². The number of amides is 1. The molecule has 0 atom stereocenters. The fourth-order valence-electron chi connectivity index (χ4n) is 4.25. The average molecular weight is 377 g/mol. The molecule has 1 aromatic heterocycles. The predicted molar refractivity (Wildman–Crippen MR) is 101 cm³/mol. The van der Waals surface area contributed by atoms with Gasteiger partial charge in [0.25, 0.3) is 5.91 Å². The summed E-state index contributed by atoms with van der Waals surface area (Å²) in [5.41, 5.74) is 1.51. The maximum atomic E-state index is 13.0. The maximum Gasteiger partial charge on any atom is 0.339 e. The van der Waals surface area contributed by atoms with Crippen molar-refractivity contribution in [1.82, 2.24) is 4.90 Å². The lowest BCUT2D eigenvalue weighted by molar-refractivity contribution is -0.0392. The molecule has 0 saturated carbocycles. The third-order valence-corrected chi connectivity index (χ3v) is 5.72. The van der Waals surface area contributed by atoms with Crippen molar-refractivity contribution in [3.63, 3.8) is 0 Å². The van der Waals surface area contributed by atoms with Gasteiger partial charge < -0.3 is 18.8 Å². The number of hydrogen-bond acceptors (Lipinski definition) is 5. The lowest BCUT2D eigenvalue weighted by atomic mass is 9.84. The van der Waals surface area contributed by atoms with Crippen LogP contribution in [0.15, 0.2) is 52.9 Å². The van der Waals surface area contributed by atoms with Crippen molar-refractivity contribution >= 4 is 22.8 Å². The molecule has 0 N–H and O–H groups in total. The number of hydrogen-bond donors (Lipinski definition) is 0. The molecular weight excluding hydrogens is 358 g/mol. The number of likely N-dealkylation sites (tertiary alicyclic amines) is 1. The zero-order valence-electron chi connectivity index (χ0n) is 15.4. The molecule has 2 aliphatic rings. The third-order valence-electron chi connectivity index (χ3n) is 5.72. The van der Waals surface area contributed by atoms with Crippen molar-refractivity contribution in [3.05, 3.63) is 65.4 Å². The number of para-hydroxylation sites is 1. The van der Waals surface area contributed by atoms with E-state index in [1.54, 1.807) is 30.2 Å². The highest BCUT2D eigenvalue weighted by molar-refractivity contribution is 5.97. The second-order valence-electron chi connectivity index (χ2n) is 7.21. The molecule has 1 fully saturated rings. The van der Waals surface area contributed by atoms with Gasteiger partial charge in [-0.05, 0) is 18.2 Å². The zero-order valence-corrected chi connectivity index (χ0v) is 15.4. The number of carbonyl (C=O) groups excluding carboxylic acids is 2. The van der Waals surface area contributed by atoms with Crippen LogP contribution in [-0.4, -0.2) is 37.0 Å². The van der Waals surface area contributed by atoms with Gasteiger partial charge in [0.2, 0.25) is 0 Å². The minimum Gasteiger partial charge on any atom is -0.493 e. The van der Waals surface area contributed by atoms with Crippen LogP contribution < -0.4 is 4.74 Å². The van der Waals surface area contributed by atoms with E-state index in [9.17, 15) is 9.59 Å². The molecule has 0 bridgehead atoms. The largest absolute Gasteiger partial charge is 0.493 e. The minimum atomic E-state index is -0.623. The van der Waals surface area contributed by atoms with E-state index in [2.05, 4.69) is 0 Å². The second-order valence-corrected chi connectivity index (χ2v) is 7.21. The zero-order chi connectivity index (χ0) is 19.3. The minimum absolute atomic E-state index is 0.161. The van der Waals surface area contributed by atoms with Gasteiger partial charge in [-0.2, -0.15) is 0 Å². The number of rotatable bonds is 2. The smallest absolute Gasteiger partial charge is 0.339 e. The van der Waals surface area contributed by atoms with Crippen molar-refractivity contribution in [2.24, 2.45) is 0 Å². The molecule has 1 saturated heterocycles. The second kappa shape index (κ2) is 6.12. The Labute approximate surface area is 161 Å². The quantitative estimate of drug-likeness (QED) is 0.637. The van der Waals surface area contributed by atoms with Gasteiger partial charge in [0.15, 0.2) is 17.1 Å². The number of methoxy groups -OCH3 is 1. The van der Waals surface area contributed by atoms with Gasteiger partial charge in [0.1, 0.15) is 5.60 Å². The van der Waals surface area contributed by atoms with Gasteiger partial charge in [-0.1, -0.05) is 30.3 Å². The van der Waals surface area contributed by atoms with Crippen LogP contribution in [0, 0.1) is 0 Å². The highest BCUT2D eigenvalue weighted by Crippen LogP contribution is 2.44. The Kier molecular flexibility index (Phi) is 3.69. The molecule has 3 aromatic rings. The van der Waals surface area contributed by atoms with Crippen LogP contribution in [0.2, 0.25) is 0 Å². The number of carbonyl (C=O) groups is 2. The third kappa shape index (κ3) is 2.41. The summed E-state index contributed by atoms with van der Waals surface area (Å²) in [7, 11) is 1.57. The van der Waals surface area contributed by atoms with Gasteiger partial charge in [0, 0.05) is 36.9 Å². The summed E-state index contributed by atoms with van der Waals surface area (Å²) in [4.78, 5) is 26.9. The van der Waals surface area contributed by atoms with E-state index < -0.39 is 5.60 Å². The van der Waals surface area contributed by atoms with Gasteiger partial charge in [-0.3, -0.25) is 4.79 Å². The number of esters is 1. The lowest BCUT2D eigenvalue weighted by Crippen LogP contribution is -2.45. The summed E-state index contributed by atoms with van der Waals surface area (Å²) in [5, 5.41) is 0.829. The van der Waals surface area contributed by atoms with Gasteiger partial charge in [-0.25, -0.2) is 4.79 Å². The summed E-state index contributed by atoms with van der Waals surface area (Å²) in [6, 6.07) is 14.8. The molecule has 0 radical (unpaired) electrons. The molecule has 5 rings (SSSR count). The van der Waals surface area contributed by atoms with E-state index in [-0.39, 0.29) is 11.9 Å². The fourth-order valence-corrected chi connectivity index (χ4v) is 4.25. The van der Waals surface area contributed by atoms with Crippen LogP contribution >= 0.6 is 0 Å². The molecule has 28 heavy (non-hydrogen) atoms. The fraction of sp³-hybridized carbons (Fsp3) is 0.273. The summed E-state index contributed by atoms with van der Waals surface area (Å²) >= 11 is 0. The van der Waals surface area contributed by atoms with Crippen LogP contribution in [0.25, 0.3) is 11.0 Å². The van der Waals surface area contributed by atoms with E-state index in [0.29, 0.717) is 48.6 Å². The van der Waals surface area contributed by atoms with Crippen LogP contribution in [0.5, 0.6) is 5.75 Å². The molecule has 0 unspecified atom stereocenters.